The summed E-state index contributed by atoms with van der Waals surface area (Å²) in [5.74, 6) is -13.5. The molecule has 29 nitrogen and oxygen atoms in total. The van der Waals surface area contributed by atoms with Crippen LogP contribution in [0.25, 0.3) is 0 Å². The average molecular weight is 1030 g/mol. The van der Waals surface area contributed by atoms with E-state index >= 15 is 0 Å². The van der Waals surface area contributed by atoms with Gasteiger partial charge in [-0.2, -0.15) is 0 Å². The third kappa shape index (κ3) is 17.3. The smallest absolute Gasteiger partial charge is 0.364 e. The summed E-state index contributed by atoms with van der Waals surface area (Å²) < 4.78 is 40.4. The lowest BCUT2D eigenvalue weighted by atomic mass is 9.77. The average Bonchev–Trinajstić information content (AvgIpc) is 3.30. The number of aliphatic carboxylic acids is 2. The van der Waals surface area contributed by atoms with E-state index in [0.717, 1.165) is 20.8 Å². The Morgan fingerprint density at radius 1 is 0.643 bits per heavy atom. The van der Waals surface area contributed by atoms with E-state index in [1.165, 1.54) is 6.92 Å². The number of aliphatic hydroxyl groups excluding tert-OH is 13. The second kappa shape index (κ2) is 29.7. The van der Waals surface area contributed by atoms with E-state index in [1.54, 1.807) is 0 Å². The van der Waals surface area contributed by atoms with Crippen molar-refractivity contribution in [3.8, 4) is 0 Å². The van der Waals surface area contributed by atoms with Crippen LogP contribution in [-0.2, 0) is 52.3 Å². The van der Waals surface area contributed by atoms with Gasteiger partial charge in [0.1, 0.15) is 61.0 Å². The number of nitrogens with two attached hydrogens (primary N) is 1. The summed E-state index contributed by atoms with van der Waals surface area (Å²) in [5.41, 5.74) is 5.52. The molecule has 410 valence electrons. The van der Waals surface area contributed by atoms with Crippen LogP contribution in [0, 0.1) is 5.92 Å². The molecule has 0 radical (unpaired) electrons. The highest BCUT2D eigenvalue weighted by Crippen LogP contribution is 2.41. The number of nitrogens with one attached hydrogen (secondary N) is 2. The number of aliphatic hydroxyl groups is 13. The molecule has 2 amide bonds. The minimum Gasteiger partial charge on any atom is -0.477 e. The maximum Gasteiger partial charge on any atom is 0.364 e. The molecule has 0 saturated carbocycles. The highest BCUT2D eigenvalue weighted by molar-refractivity contribution is 5.77. The summed E-state index contributed by atoms with van der Waals surface area (Å²) in [6.45, 7) is -1.84. The normalized spacial score (nSPS) is 30.3. The summed E-state index contributed by atoms with van der Waals surface area (Å²) in [6.07, 6.45) is -29.4. The largest absolute Gasteiger partial charge is 0.477 e. The molecule has 2 aliphatic rings. The number of hydrogen-bond acceptors (Lipinski definition) is 25. The molecule has 0 aromatic carbocycles. The SMILES string of the molecule is CC(=O)NC1C([C@H](O)[C@H](O)CO)O[C@@](OCC(OC(OCCCCCN)[C@@H](O)CO)[C@@H](C)O)(C(=O)O)C[C@H]1C(OC(CO[C@]1(C(=O)O)C[C@@H](O)C(NC(C)=O)C([C@H](O)[C@H](O)CO)O1)[C@@H](C)O)[C@@H](O)CO. The number of carboxylic acid groups (broad SMARTS) is 2. The van der Waals surface area contributed by atoms with Crippen LogP contribution in [0.2, 0.25) is 0 Å². The fourth-order valence-corrected chi connectivity index (χ4v) is 7.87. The van der Waals surface area contributed by atoms with Crippen LogP contribution < -0.4 is 16.4 Å². The Bertz CT molecular complexity index is 1590. The summed E-state index contributed by atoms with van der Waals surface area (Å²) in [6, 6.07) is -3.37. The number of hydrogen-bond donors (Lipinski definition) is 18. The molecule has 2 aliphatic heterocycles. The highest BCUT2D eigenvalue weighted by Gasteiger charge is 2.60. The van der Waals surface area contributed by atoms with Crippen LogP contribution in [-0.4, -0.2) is 269 Å². The standard InChI is InChI=1S/C41H75N3O26/c1-18(49)28(16-66-41(39(62)63)11-23(53)31(44-21(4)52)36(70-41)33(59)25(55)13-46)67-34(26(56)14-47)22-10-40(38(60)61,69-35(30(22)43-20(3)51)32(58)24(54)12-45)65-17-29(19(2)50)68-37(27(57)15-48)64-9-7-5-6-8-42/h18-19,22-37,45-50,53-59H,5-17,42H2,1-4H3,(H,43,51)(H,44,52)(H,60,61)(H,62,63)/t18-,19-,22-,23-,24-,25-,26+,27+,28?,29?,30?,31?,32-,33-,34?,35?,36?,37?,40-,41-/m1/s1. The molecule has 19 N–H and O–H groups in total. The molecule has 0 aromatic heterocycles. The maximum atomic E-state index is 13.4. The Balaban J connectivity index is 2.73. The minimum atomic E-state index is -3.09. The zero-order valence-electron chi connectivity index (χ0n) is 39.4. The first kappa shape index (κ1) is 63.2. The van der Waals surface area contributed by atoms with E-state index in [1.807, 2.05) is 0 Å². The fraction of sp³-hybridized carbons (Fsp3) is 0.902. The van der Waals surface area contributed by atoms with Gasteiger partial charge in [-0.25, -0.2) is 9.59 Å². The van der Waals surface area contributed by atoms with E-state index in [4.69, 9.17) is 38.9 Å². The second-order valence-corrected chi connectivity index (χ2v) is 17.4. The molecule has 0 bridgehead atoms. The Morgan fingerprint density at radius 2 is 1.09 bits per heavy atom. The van der Waals surface area contributed by atoms with Gasteiger partial charge in [-0.1, -0.05) is 0 Å². The van der Waals surface area contributed by atoms with Gasteiger partial charge < -0.3 is 126 Å². The van der Waals surface area contributed by atoms with Crippen molar-refractivity contribution in [2.75, 3.05) is 52.8 Å². The van der Waals surface area contributed by atoms with E-state index in [9.17, 15) is 95.8 Å². The number of amides is 2. The molecule has 2 saturated heterocycles. The summed E-state index contributed by atoms with van der Waals surface area (Å²) >= 11 is 0. The lowest BCUT2D eigenvalue weighted by molar-refractivity contribution is -0.331. The van der Waals surface area contributed by atoms with Gasteiger partial charge >= 0.3 is 11.9 Å². The first-order valence-electron chi connectivity index (χ1n) is 22.6. The lowest BCUT2D eigenvalue weighted by Crippen LogP contribution is -2.69. The Hall–Kier alpha value is -2.96. The molecular formula is C41H75N3O26. The summed E-state index contributed by atoms with van der Waals surface area (Å²) in [4.78, 5) is 51.1. The van der Waals surface area contributed by atoms with Crippen molar-refractivity contribution in [3.63, 3.8) is 0 Å². The number of unbranched alkanes of at least 4 members (excludes halogenated alkanes) is 2. The van der Waals surface area contributed by atoms with Crippen molar-refractivity contribution in [1.82, 2.24) is 10.6 Å². The molecule has 0 aromatic rings. The number of carboxylic acids is 2. The van der Waals surface area contributed by atoms with Gasteiger partial charge in [0.05, 0.1) is 76.1 Å². The van der Waals surface area contributed by atoms with Crippen LogP contribution >= 0.6 is 0 Å². The first-order valence-corrected chi connectivity index (χ1v) is 22.6. The van der Waals surface area contributed by atoms with E-state index in [-0.39, 0.29) is 6.61 Å². The summed E-state index contributed by atoms with van der Waals surface area (Å²) in [5, 5.41) is 163. The molecule has 29 heteroatoms. The quantitative estimate of drug-likeness (QED) is 0.0214. The Kier molecular flexibility index (Phi) is 26.8. The van der Waals surface area contributed by atoms with Gasteiger partial charge in [0.2, 0.25) is 11.8 Å². The van der Waals surface area contributed by atoms with Gasteiger partial charge in [-0.15, -0.1) is 0 Å². The Morgan fingerprint density at radius 3 is 1.51 bits per heavy atom. The van der Waals surface area contributed by atoms with E-state index < -0.39 is 198 Å². The number of rotatable bonds is 33. The molecule has 20 atom stereocenters. The van der Waals surface area contributed by atoms with Crippen LogP contribution in [0.3, 0.4) is 0 Å². The molecular weight excluding hydrogens is 950 g/mol. The minimum absolute atomic E-state index is 0.0208. The van der Waals surface area contributed by atoms with Crippen LogP contribution in [0.4, 0.5) is 0 Å². The monoisotopic (exact) mass is 1030 g/mol. The first-order chi connectivity index (χ1) is 32.8. The van der Waals surface area contributed by atoms with Crippen molar-refractivity contribution in [2.45, 2.75) is 175 Å². The molecule has 2 rings (SSSR count). The molecule has 2 fully saturated rings. The van der Waals surface area contributed by atoms with Crippen LogP contribution in [0.15, 0.2) is 0 Å². The predicted molar refractivity (Wildman–Crippen MR) is 230 cm³/mol. The van der Waals surface area contributed by atoms with Gasteiger partial charge in [0, 0.05) is 39.2 Å². The van der Waals surface area contributed by atoms with Crippen molar-refractivity contribution < 1.29 is 129 Å². The van der Waals surface area contributed by atoms with E-state index in [0.29, 0.717) is 25.8 Å². The van der Waals surface area contributed by atoms with Crippen molar-refractivity contribution in [3.05, 3.63) is 0 Å². The molecule has 0 aliphatic carbocycles. The molecule has 70 heavy (non-hydrogen) atoms. The van der Waals surface area contributed by atoms with Gasteiger partial charge in [-0.3, -0.25) is 9.59 Å². The van der Waals surface area contributed by atoms with Gasteiger partial charge in [0.15, 0.2) is 6.29 Å². The predicted octanol–water partition coefficient (Wildman–Crippen LogP) is -8.35. The van der Waals surface area contributed by atoms with Crippen molar-refractivity contribution >= 4 is 23.8 Å². The zero-order valence-corrected chi connectivity index (χ0v) is 39.4. The highest BCUT2D eigenvalue weighted by atomic mass is 16.8. The third-order valence-electron chi connectivity index (χ3n) is 11.7. The molecule has 8 unspecified atom stereocenters. The van der Waals surface area contributed by atoms with Crippen molar-refractivity contribution in [1.29, 1.82) is 0 Å². The number of carbonyl (C=O) groups excluding carboxylic acids is 2. The fourth-order valence-electron chi connectivity index (χ4n) is 7.87. The molecule has 0 spiro atoms. The van der Waals surface area contributed by atoms with Gasteiger partial charge in [0.25, 0.3) is 11.6 Å². The van der Waals surface area contributed by atoms with Crippen LogP contribution in [0.5, 0.6) is 0 Å². The maximum absolute atomic E-state index is 13.4. The third-order valence-corrected chi connectivity index (χ3v) is 11.7. The molecule has 2 heterocycles. The van der Waals surface area contributed by atoms with E-state index in [2.05, 4.69) is 10.6 Å². The second-order valence-electron chi connectivity index (χ2n) is 17.4. The Labute approximate surface area is 402 Å². The number of carbonyl (C=O) groups is 4. The van der Waals surface area contributed by atoms with Gasteiger partial charge in [-0.05, 0) is 39.7 Å². The van der Waals surface area contributed by atoms with Crippen LogP contribution in [0.1, 0.15) is 59.8 Å². The lowest BCUT2D eigenvalue weighted by Gasteiger charge is -2.51. The zero-order chi connectivity index (χ0) is 53.3. The summed E-state index contributed by atoms with van der Waals surface area (Å²) in [7, 11) is 0. The van der Waals surface area contributed by atoms with Crippen molar-refractivity contribution in [2.24, 2.45) is 11.7 Å². The topological polar surface area (TPSA) is 486 Å². The number of ether oxygens (including phenoxy) is 7.